The molecule has 0 aliphatic carbocycles. The van der Waals surface area contributed by atoms with E-state index in [1.165, 1.54) is 0 Å². The van der Waals surface area contributed by atoms with Crippen molar-refractivity contribution >= 4 is 11.0 Å². The van der Waals surface area contributed by atoms with Crippen LogP contribution in [0.2, 0.25) is 0 Å². The lowest BCUT2D eigenvalue weighted by Gasteiger charge is -2.14. The molecule has 0 saturated carbocycles. The molecule has 0 atom stereocenters. The number of pyridine rings is 1. The minimum Gasteiger partial charge on any atom is -0.496 e. The molecule has 4 rings (SSSR count). The van der Waals surface area contributed by atoms with Crippen LogP contribution in [0, 0.1) is 0 Å². The van der Waals surface area contributed by atoms with Gasteiger partial charge in [-0.15, -0.1) is 0 Å². The van der Waals surface area contributed by atoms with Crippen LogP contribution in [0.4, 0.5) is 0 Å². The summed E-state index contributed by atoms with van der Waals surface area (Å²) in [7, 11) is 4.97. The highest BCUT2D eigenvalue weighted by Gasteiger charge is 2.14. The van der Waals surface area contributed by atoms with E-state index in [-0.39, 0.29) is 0 Å². The van der Waals surface area contributed by atoms with E-state index in [1.54, 1.807) is 21.3 Å². The summed E-state index contributed by atoms with van der Waals surface area (Å²) in [6.07, 6.45) is 3.82. The lowest BCUT2D eigenvalue weighted by molar-refractivity contribution is 0.132. The Labute approximate surface area is 193 Å². The number of H-pyrrole nitrogens is 1. The Hall–Kier alpha value is -3.55. The molecule has 0 amide bonds. The van der Waals surface area contributed by atoms with E-state index in [2.05, 4.69) is 16.0 Å². The summed E-state index contributed by atoms with van der Waals surface area (Å²) >= 11 is 0. The van der Waals surface area contributed by atoms with Gasteiger partial charge >= 0.3 is 0 Å². The number of hydrogen-bond donors (Lipinski definition) is 1. The van der Waals surface area contributed by atoms with E-state index < -0.39 is 0 Å². The number of aromatic nitrogens is 2. The minimum absolute atomic E-state index is 0.424. The predicted octanol–water partition coefficient (Wildman–Crippen LogP) is 4.96. The van der Waals surface area contributed by atoms with Crippen molar-refractivity contribution in [3.63, 3.8) is 0 Å². The molecule has 33 heavy (non-hydrogen) atoms. The molecule has 172 valence electrons. The normalized spacial score (nSPS) is 11.0. The van der Waals surface area contributed by atoms with Crippen molar-refractivity contribution in [1.29, 1.82) is 0 Å². The zero-order valence-electron chi connectivity index (χ0n) is 19.1. The summed E-state index contributed by atoms with van der Waals surface area (Å²) in [5, 5.41) is 1.01. The maximum Gasteiger partial charge on any atom is 0.161 e. The first-order chi connectivity index (χ1) is 16.2. The van der Waals surface area contributed by atoms with Gasteiger partial charge < -0.3 is 28.7 Å². The third-order valence-corrected chi connectivity index (χ3v) is 5.30. The van der Waals surface area contributed by atoms with Crippen LogP contribution < -0.4 is 14.2 Å². The van der Waals surface area contributed by atoms with Crippen molar-refractivity contribution < 1.29 is 23.7 Å². The summed E-state index contributed by atoms with van der Waals surface area (Å²) in [5.41, 5.74) is 4.81. The third kappa shape index (κ3) is 5.10. The maximum absolute atomic E-state index is 5.93. The van der Waals surface area contributed by atoms with E-state index in [1.807, 2.05) is 54.9 Å². The van der Waals surface area contributed by atoms with Gasteiger partial charge in [0, 0.05) is 48.7 Å². The Kier molecular flexibility index (Phi) is 7.44. The second kappa shape index (κ2) is 10.8. The smallest absolute Gasteiger partial charge is 0.161 e. The molecule has 0 aliphatic heterocycles. The second-order valence-electron chi connectivity index (χ2n) is 7.37. The Morgan fingerprint density at radius 1 is 0.727 bits per heavy atom. The lowest BCUT2D eigenvalue weighted by atomic mass is 10.0. The molecule has 7 nitrogen and oxygen atoms in total. The van der Waals surface area contributed by atoms with Crippen LogP contribution in [-0.2, 0) is 9.47 Å². The van der Waals surface area contributed by atoms with Crippen LogP contribution in [0.15, 0.2) is 60.9 Å². The van der Waals surface area contributed by atoms with E-state index >= 15 is 0 Å². The van der Waals surface area contributed by atoms with Crippen LogP contribution >= 0.6 is 0 Å². The SMILES string of the molecule is COCCOc1ccc(-c2cnc3[nH]cc(-c4ccccc4OC)c3c2)cc1OCCOC. The fourth-order valence-electron chi connectivity index (χ4n) is 3.64. The van der Waals surface area contributed by atoms with Gasteiger partial charge in [-0.3, -0.25) is 0 Å². The number of benzene rings is 2. The summed E-state index contributed by atoms with van der Waals surface area (Å²) in [6.45, 7) is 1.85. The fraction of sp³-hybridized carbons (Fsp3) is 0.269. The average molecular weight is 449 g/mol. The predicted molar refractivity (Wildman–Crippen MR) is 128 cm³/mol. The molecule has 0 radical (unpaired) electrons. The van der Waals surface area contributed by atoms with Crippen molar-refractivity contribution in [3.8, 4) is 39.5 Å². The standard InChI is InChI=1S/C26H28N2O5/c1-29-10-12-32-24-9-8-18(15-25(24)33-13-11-30-2)19-14-21-22(17-28-26(21)27-16-19)20-6-4-5-7-23(20)31-3/h4-9,14-17H,10-13H2,1-3H3,(H,27,28). The van der Waals surface area contributed by atoms with E-state index in [4.69, 9.17) is 23.7 Å². The van der Waals surface area contributed by atoms with E-state index in [0.29, 0.717) is 37.9 Å². The van der Waals surface area contributed by atoms with Crippen LogP contribution in [0.25, 0.3) is 33.3 Å². The van der Waals surface area contributed by atoms with Gasteiger partial charge in [-0.25, -0.2) is 4.98 Å². The first-order valence-electron chi connectivity index (χ1n) is 10.7. The van der Waals surface area contributed by atoms with Gasteiger partial charge in [-0.1, -0.05) is 24.3 Å². The number of aromatic amines is 1. The number of nitrogens with zero attached hydrogens (tertiary/aromatic N) is 1. The van der Waals surface area contributed by atoms with Gasteiger partial charge in [0.15, 0.2) is 11.5 Å². The van der Waals surface area contributed by atoms with Gasteiger partial charge in [0.1, 0.15) is 24.6 Å². The van der Waals surface area contributed by atoms with Crippen LogP contribution in [0.3, 0.4) is 0 Å². The molecule has 0 fully saturated rings. The van der Waals surface area contributed by atoms with Crippen LogP contribution in [0.1, 0.15) is 0 Å². The highest BCUT2D eigenvalue weighted by Crippen LogP contribution is 2.37. The molecule has 7 heteroatoms. The second-order valence-corrected chi connectivity index (χ2v) is 7.37. The lowest BCUT2D eigenvalue weighted by Crippen LogP contribution is -2.08. The van der Waals surface area contributed by atoms with Crippen molar-refractivity contribution in [2.75, 3.05) is 47.8 Å². The monoisotopic (exact) mass is 448 g/mol. The quantitative estimate of drug-likeness (QED) is 0.327. The molecule has 2 aromatic carbocycles. The average Bonchev–Trinajstić information content (AvgIpc) is 3.28. The van der Waals surface area contributed by atoms with Gasteiger partial charge in [0.25, 0.3) is 0 Å². The van der Waals surface area contributed by atoms with Gasteiger partial charge in [-0.05, 0) is 29.8 Å². The molecule has 0 aliphatic rings. The maximum atomic E-state index is 5.93. The zero-order chi connectivity index (χ0) is 23.0. The van der Waals surface area contributed by atoms with Crippen LogP contribution in [-0.4, -0.2) is 57.7 Å². The summed E-state index contributed by atoms with van der Waals surface area (Å²) in [5.74, 6) is 2.13. The molecule has 4 aromatic rings. The van der Waals surface area contributed by atoms with Gasteiger partial charge in [-0.2, -0.15) is 0 Å². The number of nitrogens with one attached hydrogen (secondary N) is 1. The number of ether oxygens (including phenoxy) is 5. The number of fused-ring (bicyclic) bond motifs is 1. The Balaban J connectivity index is 1.71. The van der Waals surface area contributed by atoms with Crippen molar-refractivity contribution in [2.45, 2.75) is 0 Å². The van der Waals surface area contributed by atoms with Gasteiger partial charge in [0.05, 0.1) is 20.3 Å². The molecule has 2 heterocycles. The number of rotatable bonds is 11. The zero-order valence-corrected chi connectivity index (χ0v) is 19.1. The molecule has 1 N–H and O–H groups in total. The third-order valence-electron chi connectivity index (χ3n) is 5.30. The molecular formula is C26H28N2O5. The molecular weight excluding hydrogens is 420 g/mol. The summed E-state index contributed by atoms with van der Waals surface area (Å²) in [4.78, 5) is 7.91. The number of hydrogen-bond acceptors (Lipinski definition) is 6. The van der Waals surface area contributed by atoms with Crippen molar-refractivity contribution in [3.05, 3.63) is 60.9 Å². The molecule has 0 bridgehead atoms. The Morgan fingerprint density at radius 3 is 2.24 bits per heavy atom. The fourth-order valence-corrected chi connectivity index (χ4v) is 3.64. The van der Waals surface area contributed by atoms with Crippen molar-refractivity contribution in [1.82, 2.24) is 9.97 Å². The first kappa shape index (κ1) is 22.6. The molecule has 0 saturated heterocycles. The number of para-hydroxylation sites is 1. The molecule has 0 spiro atoms. The van der Waals surface area contributed by atoms with Crippen molar-refractivity contribution in [2.24, 2.45) is 0 Å². The molecule has 0 unspecified atom stereocenters. The summed E-state index contributed by atoms with van der Waals surface area (Å²) < 4.78 is 27.5. The largest absolute Gasteiger partial charge is 0.496 e. The minimum atomic E-state index is 0.424. The highest BCUT2D eigenvalue weighted by atomic mass is 16.5. The van der Waals surface area contributed by atoms with Gasteiger partial charge in [0.2, 0.25) is 0 Å². The topological polar surface area (TPSA) is 74.8 Å². The van der Waals surface area contributed by atoms with E-state index in [0.717, 1.165) is 39.0 Å². The number of methoxy groups -OCH3 is 3. The Morgan fingerprint density at radius 2 is 1.48 bits per heavy atom. The van der Waals surface area contributed by atoms with Crippen LogP contribution in [0.5, 0.6) is 17.2 Å². The van der Waals surface area contributed by atoms with E-state index in [9.17, 15) is 0 Å². The Bertz CT molecular complexity index is 1200. The molecule has 2 aromatic heterocycles. The highest BCUT2D eigenvalue weighted by molar-refractivity contribution is 5.97. The first-order valence-corrected chi connectivity index (χ1v) is 10.7. The summed E-state index contributed by atoms with van der Waals surface area (Å²) in [6, 6.07) is 16.0.